The third-order valence-electron chi connectivity index (χ3n) is 11.0. The Balaban J connectivity index is 1.81. The normalized spacial score (nSPS) is 25.8. The van der Waals surface area contributed by atoms with E-state index >= 15 is 0 Å². The lowest BCUT2D eigenvalue weighted by Gasteiger charge is -2.49. The fourth-order valence-electron chi connectivity index (χ4n) is 9.48. The highest BCUT2D eigenvalue weighted by Gasteiger charge is 2.81. The SMILES string of the molecule is COC(=O)[C@@H]1CC2(C34C[C@@H](C(=O)OC)N(C(=O)OC(C)(C)C)[C@@H]3N(C(=O)OC(C)(C)C)c3ccccc34)c3ccccc3N(C(=O)OC(C)(C)C)[C@H]2N1C(=O)OC(C)(C)C. The third-order valence-corrected chi connectivity index (χ3v) is 11.0. The van der Waals surface area contributed by atoms with Gasteiger partial charge in [0.15, 0.2) is 0 Å². The molecule has 4 aliphatic heterocycles. The summed E-state index contributed by atoms with van der Waals surface area (Å²) in [6.07, 6.45) is -6.95. The lowest BCUT2D eigenvalue weighted by Crippen LogP contribution is -2.66. The third kappa shape index (κ3) is 7.14. The van der Waals surface area contributed by atoms with Crippen LogP contribution in [0.25, 0.3) is 0 Å². The lowest BCUT2D eigenvalue weighted by atomic mass is 9.54. The van der Waals surface area contributed by atoms with Gasteiger partial charge in [-0.1, -0.05) is 36.4 Å². The van der Waals surface area contributed by atoms with E-state index in [1.807, 2.05) is 0 Å². The number of esters is 2. The molecule has 60 heavy (non-hydrogen) atoms. The van der Waals surface area contributed by atoms with Gasteiger partial charge in [-0.15, -0.1) is 0 Å². The van der Waals surface area contributed by atoms with E-state index in [0.717, 1.165) is 0 Å². The quantitative estimate of drug-likeness (QED) is 0.222. The van der Waals surface area contributed by atoms with E-state index in [2.05, 4.69) is 0 Å². The molecule has 6 rings (SSSR count). The van der Waals surface area contributed by atoms with Crippen molar-refractivity contribution >= 4 is 47.7 Å². The molecule has 0 aromatic heterocycles. The van der Waals surface area contributed by atoms with Gasteiger partial charge >= 0.3 is 36.3 Å². The van der Waals surface area contributed by atoms with E-state index in [9.17, 15) is 28.8 Å². The van der Waals surface area contributed by atoms with E-state index in [0.29, 0.717) is 22.5 Å². The van der Waals surface area contributed by atoms with Crippen LogP contribution < -0.4 is 9.80 Å². The van der Waals surface area contributed by atoms with Crippen molar-refractivity contribution in [2.45, 2.75) is 154 Å². The van der Waals surface area contributed by atoms with E-state index in [4.69, 9.17) is 28.4 Å². The molecule has 2 fully saturated rings. The number of likely N-dealkylation sites (tertiary alicyclic amines) is 2. The predicted octanol–water partition coefficient (Wildman–Crippen LogP) is 7.39. The summed E-state index contributed by atoms with van der Waals surface area (Å²) in [6.45, 7) is 20.3. The number of amides is 4. The highest BCUT2D eigenvalue weighted by Crippen LogP contribution is 2.71. The van der Waals surface area contributed by atoms with Gasteiger partial charge in [-0.05, 0) is 119 Å². The highest BCUT2D eigenvalue weighted by atomic mass is 16.6. The molecule has 2 aromatic rings. The van der Waals surface area contributed by atoms with Crippen LogP contribution in [0, 0.1) is 0 Å². The standard InChI is InChI=1S/C44H58N4O12/c1-39(2,3)57-35(51)45-27-21-17-15-19-25(27)43(23-29(31(49)55-13)47(33(43)45)37(53)59-41(7,8)9)44-24-30(32(50)56-14)48(38(54)60-42(10,11)12)34(44)46(36(52)58-40(4,5)6)28-22-18-16-20-26(28)44/h15-22,29-30,33-34H,23-24H2,1-14H3/t29-,30-,33-,34-,43?,44?/m0/s1. The van der Waals surface area contributed by atoms with Crippen molar-refractivity contribution < 1.29 is 57.2 Å². The van der Waals surface area contributed by atoms with Crippen LogP contribution in [-0.4, -0.2) is 107 Å². The molecule has 4 heterocycles. The Morgan fingerprint density at radius 3 is 1.05 bits per heavy atom. The minimum Gasteiger partial charge on any atom is -0.467 e. The molecule has 0 bridgehead atoms. The number of para-hydroxylation sites is 2. The molecular weight excluding hydrogens is 776 g/mol. The minimum absolute atomic E-state index is 0.233. The summed E-state index contributed by atoms with van der Waals surface area (Å²) in [5.74, 6) is -1.63. The second kappa shape index (κ2) is 14.6. The Kier molecular flexibility index (Phi) is 10.7. The van der Waals surface area contributed by atoms with Crippen LogP contribution in [-0.2, 0) is 48.8 Å². The highest BCUT2D eigenvalue weighted by molar-refractivity contribution is 6.00. The number of ether oxygens (including phenoxy) is 6. The molecular formula is C44H58N4O12. The number of carbonyl (C=O) groups excluding carboxylic acids is 6. The second-order valence-electron chi connectivity index (χ2n) is 19.7. The molecule has 0 spiro atoms. The summed E-state index contributed by atoms with van der Waals surface area (Å²) in [7, 11) is 2.39. The summed E-state index contributed by atoms with van der Waals surface area (Å²) in [5, 5.41) is 0. The van der Waals surface area contributed by atoms with Crippen molar-refractivity contribution in [1.82, 2.24) is 9.80 Å². The van der Waals surface area contributed by atoms with Crippen LogP contribution in [0.15, 0.2) is 48.5 Å². The Hall–Kier alpha value is -5.54. The summed E-state index contributed by atoms with van der Waals surface area (Å²) in [6, 6.07) is 11.1. The van der Waals surface area contributed by atoms with E-state index in [1.54, 1.807) is 132 Å². The van der Waals surface area contributed by atoms with Gasteiger partial charge in [0, 0.05) is 0 Å². The van der Waals surface area contributed by atoms with Gasteiger partial charge in [-0.3, -0.25) is 19.6 Å². The molecule has 4 amide bonds. The molecule has 4 aliphatic rings. The van der Waals surface area contributed by atoms with Crippen molar-refractivity contribution in [1.29, 1.82) is 0 Å². The monoisotopic (exact) mass is 834 g/mol. The summed E-state index contributed by atoms with van der Waals surface area (Å²) < 4.78 is 35.0. The maximum atomic E-state index is 14.9. The first-order valence-corrected chi connectivity index (χ1v) is 20.1. The van der Waals surface area contributed by atoms with Gasteiger partial charge in [0.25, 0.3) is 0 Å². The fourth-order valence-corrected chi connectivity index (χ4v) is 9.48. The molecule has 16 nitrogen and oxygen atoms in total. The summed E-state index contributed by atoms with van der Waals surface area (Å²) in [5.41, 5.74) is -5.90. The van der Waals surface area contributed by atoms with Crippen LogP contribution in [0.4, 0.5) is 30.6 Å². The van der Waals surface area contributed by atoms with Crippen molar-refractivity contribution in [2.75, 3.05) is 24.0 Å². The zero-order chi connectivity index (χ0) is 44.7. The largest absolute Gasteiger partial charge is 0.467 e. The van der Waals surface area contributed by atoms with Crippen molar-refractivity contribution in [2.24, 2.45) is 0 Å². The minimum atomic E-state index is -1.66. The molecule has 2 aromatic carbocycles. The molecule has 6 atom stereocenters. The number of carbonyl (C=O) groups is 6. The fraction of sp³-hybridized carbons (Fsp3) is 0.591. The number of rotatable bonds is 3. The smallest absolute Gasteiger partial charge is 0.416 e. The van der Waals surface area contributed by atoms with Gasteiger partial charge in [-0.25, -0.2) is 28.8 Å². The van der Waals surface area contributed by atoms with Gasteiger partial charge in [0.1, 0.15) is 46.8 Å². The average molecular weight is 835 g/mol. The van der Waals surface area contributed by atoms with Gasteiger partial charge in [0.2, 0.25) is 0 Å². The molecule has 2 saturated heterocycles. The Labute approximate surface area is 351 Å². The van der Waals surface area contributed by atoms with Crippen LogP contribution in [0.5, 0.6) is 0 Å². The maximum absolute atomic E-state index is 14.9. The molecule has 0 aliphatic carbocycles. The number of nitrogens with zero attached hydrogens (tertiary/aromatic N) is 4. The average Bonchev–Trinajstić information content (AvgIpc) is 3.80. The molecule has 0 radical (unpaired) electrons. The first-order chi connectivity index (χ1) is 27.6. The zero-order valence-electron chi connectivity index (χ0n) is 37.0. The number of benzene rings is 2. The van der Waals surface area contributed by atoms with Crippen LogP contribution in [0.1, 0.15) is 107 Å². The lowest BCUT2D eigenvalue weighted by molar-refractivity contribution is -0.146. The van der Waals surface area contributed by atoms with Crippen LogP contribution in [0.3, 0.4) is 0 Å². The van der Waals surface area contributed by atoms with E-state index in [1.165, 1.54) is 33.8 Å². The molecule has 0 saturated carbocycles. The number of fused-ring (bicyclic) bond motifs is 7. The molecule has 0 N–H and O–H groups in total. The van der Waals surface area contributed by atoms with Gasteiger partial charge in [0.05, 0.1) is 36.4 Å². The second-order valence-corrected chi connectivity index (χ2v) is 19.7. The van der Waals surface area contributed by atoms with Gasteiger partial charge in [-0.2, -0.15) is 0 Å². The van der Waals surface area contributed by atoms with Crippen LogP contribution >= 0.6 is 0 Å². The topological polar surface area (TPSA) is 171 Å². The van der Waals surface area contributed by atoms with E-state index < -0.39 is 94.0 Å². The predicted molar refractivity (Wildman–Crippen MR) is 218 cm³/mol. The first-order valence-electron chi connectivity index (χ1n) is 20.1. The Morgan fingerprint density at radius 1 is 0.483 bits per heavy atom. The molecule has 2 unspecified atom stereocenters. The molecule has 16 heteroatoms. The first kappa shape index (κ1) is 44.0. The van der Waals surface area contributed by atoms with Crippen LogP contribution in [0.2, 0.25) is 0 Å². The van der Waals surface area contributed by atoms with Crippen molar-refractivity contribution in [3.05, 3.63) is 59.7 Å². The van der Waals surface area contributed by atoms with Crippen molar-refractivity contribution in [3.8, 4) is 0 Å². The van der Waals surface area contributed by atoms with Gasteiger partial charge < -0.3 is 28.4 Å². The van der Waals surface area contributed by atoms with Crippen molar-refractivity contribution in [3.63, 3.8) is 0 Å². The number of anilines is 2. The number of hydrogen-bond acceptors (Lipinski definition) is 12. The number of hydrogen-bond donors (Lipinski definition) is 0. The Bertz CT molecular complexity index is 1950. The number of methoxy groups -OCH3 is 2. The van der Waals surface area contributed by atoms with E-state index in [-0.39, 0.29) is 12.8 Å². The molecule has 326 valence electrons. The summed E-state index contributed by atoms with van der Waals surface area (Å²) >= 11 is 0. The Morgan fingerprint density at radius 2 is 0.767 bits per heavy atom. The maximum Gasteiger partial charge on any atom is 0.416 e. The summed E-state index contributed by atoms with van der Waals surface area (Å²) in [4.78, 5) is 93.2. The zero-order valence-corrected chi connectivity index (χ0v) is 37.0.